The topological polar surface area (TPSA) is 44.8 Å². The molecule has 4 heteroatoms. The normalized spacial score (nSPS) is 10.5. The number of fused-ring (bicyclic) bond motifs is 1. The largest absolute Gasteiger partial charge is 0.497 e. The van der Waals surface area contributed by atoms with Crippen molar-refractivity contribution in [2.45, 2.75) is 6.92 Å². The van der Waals surface area contributed by atoms with Crippen LogP contribution in [0.15, 0.2) is 54.6 Å². The molecule has 24 heavy (non-hydrogen) atoms. The van der Waals surface area contributed by atoms with Crippen LogP contribution in [-0.4, -0.2) is 20.2 Å². The Kier molecular flexibility index (Phi) is 4.38. The molecule has 3 aromatic carbocycles. The smallest absolute Gasteiger partial charge is 0.308 e. The second kappa shape index (κ2) is 6.62. The highest BCUT2D eigenvalue weighted by Gasteiger charge is 2.14. The van der Waals surface area contributed by atoms with Crippen LogP contribution in [0.3, 0.4) is 0 Å². The molecule has 0 amide bonds. The highest BCUT2D eigenvalue weighted by atomic mass is 16.5. The first-order valence-corrected chi connectivity index (χ1v) is 7.56. The van der Waals surface area contributed by atoms with Gasteiger partial charge in [-0.3, -0.25) is 4.79 Å². The number of benzene rings is 3. The van der Waals surface area contributed by atoms with Crippen molar-refractivity contribution in [3.63, 3.8) is 0 Å². The Bertz CT molecular complexity index is 899. The molecule has 0 heterocycles. The third-order valence-electron chi connectivity index (χ3n) is 3.80. The number of esters is 1. The second-order valence-corrected chi connectivity index (χ2v) is 5.35. The van der Waals surface area contributed by atoms with E-state index in [0.29, 0.717) is 5.75 Å². The van der Waals surface area contributed by atoms with Crippen molar-refractivity contribution in [2.75, 3.05) is 14.2 Å². The van der Waals surface area contributed by atoms with Gasteiger partial charge < -0.3 is 14.2 Å². The van der Waals surface area contributed by atoms with E-state index in [9.17, 15) is 4.79 Å². The van der Waals surface area contributed by atoms with Crippen molar-refractivity contribution >= 4 is 16.7 Å². The van der Waals surface area contributed by atoms with E-state index in [4.69, 9.17) is 14.2 Å². The van der Waals surface area contributed by atoms with E-state index in [0.717, 1.165) is 33.4 Å². The lowest BCUT2D eigenvalue weighted by Gasteiger charge is -2.14. The molecule has 0 aliphatic heterocycles. The van der Waals surface area contributed by atoms with Crippen molar-refractivity contribution in [3.05, 3.63) is 54.6 Å². The van der Waals surface area contributed by atoms with Gasteiger partial charge >= 0.3 is 5.97 Å². The molecule has 0 atom stereocenters. The number of hydrogen-bond acceptors (Lipinski definition) is 4. The standard InChI is InChI=1S/C20H18O4/c1-13(21)24-20-18(14-5-4-6-16(11-14)22-2)9-7-15-12-17(23-3)8-10-19(15)20/h4-12H,1-3H3. The fourth-order valence-electron chi connectivity index (χ4n) is 2.68. The summed E-state index contributed by atoms with van der Waals surface area (Å²) in [4.78, 5) is 11.6. The van der Waals surface area contributed by atoms with Crippen molar-refractivity contribution in [2.24, 2.45) is 0 Å². The molecule has 0 saturated carbocycles. The van der Waals surface area contributed by atoms with E-state index in [1.807, 2.05) is 54.6 Å². The van der Waals surface area contributed by atoms with Gasteiger partial charge in [-0.25, -0.2) is 0 Å². The van der Waals surface area contributed by atoms with Crippen molar-refractivity contribution in [1.29, 1.82) is 0 Å². The lowest BCUT2D eigenvalue weighted by Crippen LogP contribution is -2.03. The van der Waals surface area contributed by atoms with Gasteiger partial charge in [-0.2, -0.15) is 0 Å². The number of carbonyl (C=O) groups excluding carboxylic acids is 1. The molecule has 0 unspecified atom stereocenters. The van der Waals surface area contributed by atoms with Gasteiger partial charge in [-0.15, -0.1) is 0 Å². The van der Waals surface area contributed by atoms with Crippen LogP contribution < -0.4 is 14.2 Å². The highest BCUT2D eigenvalue weighted by molar-refractivity contribution is 5.97. The van der Waals surface area contributed by atoms with Gasteiger partial charge in [0.15, 0.2) is 0 Å². The molecule has 0 saturated heterocycles. The number of hydrogen-bond donors (Lipinski definition) is 0. The molecule has 0 bridgehead atoms. The predicted molar refractivity (Wildman–Crippen MR) is 93.8 cm³/mol. The van der Waals surface area contributed by atoms with E-state index < -0.39 is 0 Å². The lowest BCUT2D eigenvalue weighted by molar-refractivity contribution is -0.131. The minimum Gasteiger partial charge on any atom is -0.497 e. The maximum atomic E-state index is 11.6. The van der Waals surface area contributed by atoms with E-state index in [1.54, 1.807) is 14.2 Å². The summed E-state index contributed by atoms with van der Waals surface area (Å²) in [7, 11) is 3.25. The van der Waals surface area contributed by atoms with Gasteiger partial charge in [0, 0.05) is 17.9 Å². The molecule has 0 spiro atoms. The summed E-state index contributed by atoms with van der Waals surface area (Å²) in [5.74, 6) is 1.68. The Hall–Kier alpha value is -3.01. The minimum absolute atomic E-state index is 0.359. The Morgan fingerprint density at radius 3 is 2.33 bits per heavy atom. The first kappa shape index (κ1) is 15.9. The number of rotatable bonds is 4. The quantitative estimate of drug-likeness (QED) is 0.526. The molecular weight excluding hydrogens is 304 g/mol. The molecular formula is C20H18O4. The monoisotopic (exact) mass is 322 g/mol. The highest BCUT2D eigenvalue weighted by Crippen LogP contribution is 2.39. The first-order valence-electron chi connectivity index (χ1n) is 7.56. The van der Waals surface area contributed by atoms with Crippen LogP contribution in [0.25, 0.3) is 21.9 Å². The minimum atomic E-state index is -0.359. The molecule has 0 aromatic heterocycles. The van der Waals surface area contributed by atoms with Gasteiger partial charge in [0.1, 0.15) is 17.2 Å². The van der Waals surface area contributed by atoms with E-state index >= 15 is 0 Å². The Morgan fingerprint density at radius 1 is 0.875 bits per heavy atom. The summed E-state index contributed by atoms with van der Waals surface area (Å²) in [6.07, 6.45) is 0. The number of ether oxygens (including phenoxy) is 3. The average molecular weight is 322 g/mol. The third kappa shape index (κ3) is 3.04. The Labute approximate surface area is 140 Å². The van der Waals surface area contributed by atoms with E-state index in [2.05, 4.69) is 0 Å². The molecule has 0 radical (unpaired) electrons. The zero-order valence-electron chi connectivity index (χ0n) is 13.8. The molecule has 0 aliphatic carbocycles. The molecule has 3 rings (SSSR count). The summed E-state index contributed by atoms with van der Waals surface area (Å²) in [5, 5.41) is 1.79. The molecule has 0 N–H and O–H groups in total. The summed E-state index contributed by atoms with van der Waals surface area (Å²) < 4.78 is 16.1. The van der Waals surface area contributed by atoms with Gasteiger partial charge in [0.05, 0.1) is 14.2 Å². The maximum Gasteiger partial charge on any atom is 0.308 e. The van der Waals surface area contributed by atoms with Crippen LogP contribution in [0.1, 0.15) is 6.92 Å². The summed E-state index contributed by atoms with van der Waals surface area (Å²) in [6.45, 7) is 1.40. The molecule has 4 nitrogen and oxygen atoms in total. The third-order valence-corrected chi connectivity index (χ3v) is 3.80. The summed E-state index contributed by atoms with van der Waals surface area (Å²) >= 11 is 0. The maximum absolute atomic E-state index is 11.6. The van der Waals surface area contributed by atoms with Gasteiger partial charge in [0.2, 0.25) is 0 Å². The van der Waals surface area contributed by atoms with Gasteiger partial charge in [0.25, 0.3) is 0 Å². The van der Waals surface area contributed by atoms with Crippen molar-refractivity contribution in [1.82, 2.24) is 0 Å². The molecule has 0 aliphatic rings. The predicted octanol–water partition coefficient (Wildman–Crippen LogP) is 4.45. The van der Waals surface area contributed by atoms with E-state index in [-0.39, 0.29) is 5.97 Å². The second-order valence-electron chi connectivity index (χ2n) is 5.35. The fraction of sp³-hybridized carbons (Fsp3) is 0.150. The van der Waals surface area contributed by atoms with Crippen LogP contribution >= 0.6 is 0 Å². The molecule has 3 aromatic rings. The van der Waals surface area contributed by atoms with Gasteiger partial charge in [-0.1, -0.05) is 18.2 Å². The van der Waals surface area contributed by atoms with Crippen molar-refractivity contribution < 1.29 is 19.0 Å². The SMILES string of the molecule is COc1cccc(-c2ccc3cc(OC)ccc3c2OC(C)=O)c1. The first-order chi connectivity index (χ1) is 11.6. The molecule has 122 valence electrons. The van der Waals surface area contributed by atoms with Crippen LogP contribution in [0, 0.1) is 0 Å². The zero-order chi connectivity index (χ0) is 17.1. The Morgan fingerprint density at radius 2 is 1.62 bits per heavy atom. The zero-order valence-corrected chi connectivity index (χ0v) is 13.8. The van der Waals surface area contributed by atoms with Crippen LogP contribution in [0.2, 0.25) is 0 Å². The summed E-state index contributed by atoms with van der Waals surface area (Å²) in [5.41, 5.74) is 1.75. The molecule has 0 fully saturated rings. The van der Waals surface area contributed by atoms with Gasteiger partial charge in [-0.05, 0) is 47.3 Å². The average Bonchev–Trinajstić information content (AvgIpc) is 2.61. The van der Waals surface area contributed by atoms with Crippen molar-refractivity contribution in [3.8, 4) is 28.4 Å². The number of carbonyl (C=O) groups is 1. The van der Waals surface area contributed by atoms with Crippen LogP contribution in [0.5, 0.6) is 17.2 Å². The number of methoxy groups -OCH3 is 2. The van der Waals surface area contributed by atoms with E-state index in [1.165, 1.54) is 6.92 Å². The van der Waals surface area contributed by atoms with Crippen LogP contribution in [0.4, 0.5) is 0 Å². The lowest BCUT2D eigenvalue weighted by atomic mass is 9.99. The summed E-state index contributed by atoms with van der Waals surface area (Å²) in [6, 6.07) is 17.2. The Balaban J connectivity index is 2.24. The fourth-order valence-corrected chi connectivity index (χ4v) is 2.68. The van der Waals surface area contributed by atoms with Crippen LogP contribution in [-0.2, 0) is 4.79 Å².